The van der Waals surface area contributed by atoms with Crippen LogP contribution < -0.4 is 5.32 Å². The number of carbonyl (C=O) groups is 3. The number of H-pyrrole nitrogens is 1. The predicted octanol–water partition coefficient (Wildman–Crippen LogP) is 5.16. The molecule has 3 N–H and O–H groups in total. The molecule has 4 bridgehead atoms. The van der Waals surface area contributed by atoms with Crippen molar-refractivity contribution in [2.75, 3.05) is 13.6 Å². The molecule has 10 heteroatoms. The number of carbonyl (C=O) groups excluding carboxylic acids is 3. The summed E-state index contributed by atoms with van der Waals surface area (Å²) in [5.74, 6) is 1.12. The summed E-state index contributed by atoms with van der Waals surface area (Å²) in [5, 5.41) is 14.6. The Hall–Kier alpha value is -3.37. The van der Waals surface area contributed by atoms with Gasteiger partial charge in [0.1, 0.15) is 17.7 Å². The van der Waals surface area contributed by atoms with Gasteiger partial charge in [-0.3, -0.25) is 14.5 Å². The Morgan fingerprint density at radius 1 is 1.02 bits per heavy atom. The lowest BCUT2D eigenvalue weighted by Gasteiger charge is -2.55. The Balaban J connectivity index is 1.10. The molecular weight excluding hydrogens is 636 g/mol. The normalized spacial score (nSPS) is 29.1. The van der Waals surface area contributed by atoms with E-state index in [0.29, 0.717) is 24.3 Å². The van der Waals surface area contributed by atoms with E-state index >= 15 is 0 Å². The van der Waals surface area contributed by atoms with Crippen LogP contribution in [-0.4, -0.2) is 75.2 Å². The number of likely N-dealkylation sites (tertiary alicyclic amines) is 1. The molecule has 4 aliphatic carbocycles. The highest BCUT2D eigenvalue weighted by molar-refractivity contribution is 9.10. The number of rotatable bonds is 8. The zero-order valence-corrected chi connectivity index (χ0v) is 27.2. The Morgan fingerprint density at radius 2 is 1.69 bits per heavy atom. The van der Waals surface area contributed by atoms with Gasteiger partial charge in [-0.15, -0.1) is 0 Å². The Bertz CT molecular complexity index is 1570. The number of fused-ring (bicyclic) bond motifs is 1. The van der Waals surface area contributed by atoms with Crippen molar-refractivity contribution >= 4 is 44.7 Å². The van der Waals surface area contributed by atoms with Crippen LogP contribution >= 0.6 is 15.9 Å². The number of halogens is 1. The van der Waals surface area contributed by atoms with Crippen molar-refractivity contribution in [2.45, 2.75) is 81.7 Å². The fraction of sp³-hybridized carbons (Fsp3) is 0.514. The number of aliphatic hydroxyl groups excluding tert-OH is 1. The molecule has 3 amide bonds. The number of ether oxygens (including phenoxy) is 1. The maximum Gasteiger partial charge on any atom is 0.411 e. The van der Waals surface area contributed by atoms with Crippen LogP contribution in [0.5, 0.6) is 0 Å². The second-order valence-corrected chi connectivity index (χ2v) is 14.8. The van der Waals surface area contributed by atoms with Crippen molar-refractivity contribution in [3.05, 3.63) is 70.3 Å². The molecule has 1 aliphatic heterocycles. The number of nitrogens with one attached hydrogen (secondary N) is 2. The summed E-state index contributed by atoms with van der Waals surface area (Å²) in [6.07, 6.45) is 7.23. The second kappa shape index (κ2) is 12.1. The van der Waals surface area contributed by atoms with Crippen molar-refractivity contribution in [2.24, 2.45) is 17.8 Å². The fourth-order valence-corrected chi connectivity index (χ4v) is 9.29. The molecule has 238 valence electrons. The van der Waals surface area contributed by atoms with E-state index in [9.17, 15) is 19.5 Å². The number of benzene rings is 2. The molecule has 3 atom stereocenters. The fourth-order valence-electron chi connectivity index (χ4n) is 8.88. The van der Waals surface area contributed by atoms with E-state index in [2.05, 4.69) is 26.2 Å². The van der Waals surface area contributed by atoms with Gasteiger partial charge in [-0.25, -0.2) is 4.79 Å². The van der Waals surface area contributed by atoms with Crippen LogP contribution in [0.3, 0.4) is 0 Å². The zero-order chi connectivity index (χ0) is 31.3. The van der Waals surface area contributed by atoms with Crippen LogP contribution in [0.4, 0.5) is 4.79 Å². The van der Waals surface area contributed by atoms with Crippen molar-refractivity contribution in [3.63, 3.8) is 0 Å². The quantitative estimate of drug-likeness (QED) is 0.305. The largest absolute Gasteiger partial charge is 0.443 e. The van der Waals surface area contributed by atoms with E-state index in [1.165, 1.54) is 24.2 Å². The Labute approximate surface area is 271 Å². The smallest absolute Gasteiger partial charge is 0.411 e. The number of aliphatic hydroxyl groups is 1. The van der Waals surface area contributed by atoms with Gasteiger partial charge >= 0.3 is 6.09 Å². The minimum Gasteiger partial charge on any atom is -0.443 e. The third-order valence-corrected chi connectivity index (χ3v) is 11.3. The van der Waals surface area contributed by atoms with Gasteiger partial charge in [0.05, 0.1) is 12.6 Å². The van der Waals surface area contributed by atoms with Crippen LogP contribution in [0.2, 0.25) is 0 Å². The van der Waals surface area contributed by atoms with Gasteiger partial charge in [0, 0.05) is 48.0 Å². The highest BCUT2D eigenvalue weighted by atomic mass is 79.9. The first-order chi connectivity index (χ1) is 21.7. The second-order valence-electron chi connectivity index (χ2n) is 13.9. The number of aromatic amines is 1. The topological polar surface area (TPSA) is 115 Å². The van der Waals surface area contributed by atoms with E-state index in [1.807, 2.05) is 54.7 Å². The van der Waals surface area contributed by atoms with Gasteiger partial charge < -0.3 is 25.0 Å². The van der Waals surface area contributed by atoms with Gasteiger partial charge in [-0.1, -0.05) is 52.3 Å². The molecule has 8 rings (SSSR count). The minimum absolute atomic E-state index is 0.0340. The predicted molar refractivity (Wildman–Crippen MR) is 173 cm³/mol. The maximum absolute atomic E-state index is 14.0. The molecule has 5 fully saturated rings. The average molecular weight is 678 g/mol. The van der Waals surface area contributed by atoms with E-state index < -0.39 is 35.8 Å². The molecule has 2 aromatic carbocycles. The average Bonchev–Trinajstić information content (AvgIpc) is 3.60. The van der Waals surface area contributed by atoms with E-state index in [0.717, 1.165) is 45.8 Å². The number of nitrogens with zero attached hydrogens (tertiary/aromatic N) is 2. The zero-order valence-electron chi connectivity index (χ0n) is 25.6. The molecule has 3 aromatic rings. The Morgan fingerprint density at radius 3 is 2.40 bits per heavy atom. The number of hydrogen-bond acceptors (Lipinski definition) is 5. The van der Waals surface area contributed by atoms with Crippen LogP contribution in [0.1, 0.15) is 56.1 Å². The van der Waals surface area contributed by atoms with Gasteiger partial charge in [-0.05, 0) is 79.5 Å². The van der Waals surface area contributed by atoms with Crippen molar-refractivity contribution < 1.29 is 24.2 Å². The summed E-state index contributed by atoms with van der Waals surface area (Å²) in [6.45, 7) is 0.387. The molecule has 2 heterocycles. The summed E-state index contributed by atoms with van der Waals surface area (Å²) < 4.78 is 7.18. The monoisotopic (exact) mass is 676 g/mol. The highest BCUT2D eigenvalue weighted by Crippen LogP contribution is 2.57. The van der Waals surface area contributed by atoms with E-state index in [-0.39, 0.29) is 25.3 Å². The molecule has 5 aliphatic rings. The third kappa shape index (κ3) is 6.11. The number of aromatic nitrogens is 1. The van der Waals surface area contributed by atoms with E-state index in [1.54, 1.807) is 11.9 Å². The van der Waals surface area contributed by atoms with Crippen LogP contribution in [0.25, 0.3) is 10.9 Å². The van der Waals surface area contributed by atoms with Crippen LogP contribution in [0.15, 0.2) is 59.2 Å². The number of para-hydroxylation sites is 1. The third-order valence-electron chi connectivity index (χ3n) is 10.6. The molecule has 4 saturated carbocycles. The molecule has 9 nitrogen and oxygen atoms in total. The summed E-state index contributed by atoms with van der Waals surface area (Å²) in [4.78, 5) is 47.9. The van der Waals surface area contributed by atoms with Crippen LogP contribution in [0, 0.1) is 17.8 Å². The van der Waals surface area contributed by atoms with Crippen molar-refractivity contribution in [3.8, 4) is 0 Å². The standard InChI is InChI=1S/C35H41BrN4O5/c1-39(19-24-6-2-4-8-28(24)36)33(43)30(13-25-18-37-29-9-5-3-7-27(25)29)38-32(42)31-14-26(41)20-40(31)34(44)45-35-15-21-10-22(16-35)12-23(11-21)17-35/h2-9,18,21-23,26,30-31,37,41H,10-17,19-20H2,1H3,(H,38,42)/t21?,22?,23?,26-,30?,31?,35?/m1/s1. The van der Waals surface area contributed by atoms with Gasteiger partial charge in [-0.2, -0.15) is 0 Å². The van der Waals surface area contributed by atoms with Gasteiger partial charge in [0.15, 0.2) is 0 Å². The summed E-state index contributed by atoms with van der Waals surface area (Å²) in [5.41, 5.74) is 2.35. The van der Waals surface area contributed by atoms with Crippen molar-refractivity contribution in [1.82, 2.24) is 20.1 Å². The number of hydrogen-bond donors (Lipinski definition) is 3. The SMILES string of the molecule is CN(Cc1ccccc1Br)C(=O)C(Cc1c[nH]c2ccccc12)NC(=O)C1C[C@@H](O)CN1C(=O)OC12CC3CC(CC(C3)C1)C2. The maximum atomic E-state index is 14.0. The first kappa shape index (κ1) is 30.3. The highest BCUT2D eigenvalue weighted by Gasteiger charge is 2.54. The summed E-state index contributed by atoms with van der Waals surface area (Å²) in [7, 11) is 1.73. The van der Waals surface area contributed by atoms with Crippen LogP contribution in [-0.2, 0) is 27.3 Å². The molecule has 2 unspecified atom stereocenters. The molecule has 0 spiro atoms. The van der Waals surface area contributed by atoms with E-state index in [4.69, 9.17) is 4.74 Å². The molecular formula is C35H41BrN4O5. The molecule has 0 radical (unpaired) electrons. The first-order valence-corrected chi connectivity index (χ1v) is 17.0. The number of amides is 3. The molecule has 1 saturated heterocycles. The van der Waals surface area contributed by atoms with Crippen molar-refractivity contribution in [1.29, 1.82) is 0 Å². The summed E-state index contributed by atoms with van der Waals surface area (Å²) >= 11 is 3.57. The number of likely N-dealkylation sites (N-methyl/N-ethyl adjacent to an activating group) is 1. The number of β-amino-alcohol motifs (C(OH)–C–C–N with tert-alkyl or cyclic N) is 1. The lowest BCUT2D eigenvalue weighted by Crippen LogP contribution is -2.57. The lowest BCUT2D eigenvalue weighted by atomic mass is 9.54. The summed E-state index contributed by atoms with van der Waals surface area (Å²) in [6, 6.07) is 13.8. The Kier molecular flexibility index (Phi) is 8.14. The molecule has 1 aromatic heterocycles. The van der Waals surface area contributed by atoms with Gasteiger partial charge in [0.2, 0.25) is 11.8 Å². The molecule has 45 heavy (non-hydrogen) atoms. The van der Waals surface area contributed by atoms with Gasteiger partial charge in [0.25, 0.3) is 0 Å². The first-order valence-electron chi connectivity index (χ1n) is 16.2. The lowest BCUT2D eigenvalue weighted by molar-refractivity contribution is -0.140. The minimum atomic E-state index is -0.923.